The van der Waals surface area contributed by atoms with Gasteiger partial charge in [-0.05, 0) is 0 Å². The lowest BCUT2D eigenvalue weighted by Gasteiger charge is -2.13. The third kappa shape index (κ3) is 0.834. The van der Waals surface area contributed by atoms with Crippen LogP contribution in [0.4, 0.5) is 0 Å². The minimum atomic E-state index is -0.146. The van der Waals surface area contributed by atoms with Crippen LogP contribution in [0, 0.1) is 0 Å². The van der Waals surface area contributed by atoms with Crippen LogP contribution in [-0.2, 0) is 6.42 Å². The Labute approximate surface area is 79.5 Å². The zero-order valence-corrected chi connectivity index (χ0v) is 7.21. The normalized spacial score (nSPS) is 13.6. The topological polar surface area (TPSA) is 60.7 Å². The van der Waals surface area contributed by atoms with Gasteiger partial charge in [0.1, 0.15) is 5.82 Å². The number of imidazole rings is 1. The maximum Gasteiger partial charge on any atom is 0.283 e. The highest BCUT2D eigenvalue weighted by atomic mass is 16.2. The van der Waals surface area contributed by atoms with Gasteiger partial charge < -0.3 is 0 Å². The zero-order valence-electron chi connectivity index (χ0n) is 7.21. The van der Waals surface area contributed by atoms with Crippen LogP contribution in [0.1, 0.15) is 22.0 Å². The third-order valence-corrected chi connectivity index (χ3v) is 2.24. The molecule has 0 amide bonds. The SMILES string of the molecule is O=C1c2nccnc2Cc2nccn21. The Balaban J connectivity index is 2.26. The number of fused-ring (bicyclic) bond motifs is 2. The number of hydrogen-bond donors (Lipinski definition) is 0. The molecule has 0 N–H and O–H groups in total. The lowest BCUT2D eigenvalue weighted by molar-refractivity contribution is 0.0945. The molecule has 0 bridgehead atoms. The molecule has 68 valence electrons. The van der Waals surface area contributed by atoms with E-state index in [2.05, 4.69) is 15.0 Å². The summed E-state index contributed by atoms with van der Waals surface area (Å²) in [4.78, 5) is 24.0. The monoisotopic (exact) mass is 186 g/mol. The highest BCUT2D eigenvalue weighted by Gasteiger charge is 2.24. The number of rotatable bonds is 0. The zero-order chi connectivity index (χ0) is 9.54. The van der Waals surface area contributed by atoms with Crippen molar-refractivity contribution >= 4 is 5.91 Å². The summed E-state index contributed by atoms with van der Waals surface area (Å²) in [5, 5.41) is 0. The number of carbonyl (C=O) groups is 1. The van der Waals surface area contributed by atoms with E-state index >= 15 is 0 Å². The van der Waals surface area contributed by atoms with Crippen molar-refractivity contribution in [2.24, 2.45) is 0 Å². The van der Waals surface area contributed by atoms with Crippen LogP contribution in [-0.4, -0.2) is 25.4 Å². The van der Waals surface area contributed by atoms with Gasteiger partial charge in [0.2, 0.25) is 0 Å². The van der Waals surface area contributed by atoms with Gasteiger partial charge >= 0.3 is 0 Å². The fraction of sp³-hybridized carbons (Fsp3) is 0.111. The average molecular weight is 186 g/mol. The molecule has 0 atom stereocenters. The lowest BCUT2D eigenvalue weighted by atomic mass is 10.1. The number of aromatic nitrogens is 4. The van der Waals surface area contributed by atoms with Gasteiger partial charge in [0, 0.05) is 24.8 Å². The van der Waals surface area contributed by atoms with Crippen LogP contribution in [0.5, 0.6) is 0 Å². The van der Waals surface area contributed by atoms with Crippen LogP contribution in [0.15, 0.2) is 24.8 Å². The molecule has 0 aliphatic carbocycles. The first-order valence-electron chi connectivity index (χ1n) is 4.23. The van der Waals surface area contributed by atoms with Crippen LogP contribution >= 0.6 is 0 Å². The predicted molar refractivity (Wildman–Crippen MR) is 46.8 cm³/mol. The summed E-state index contributed by atoms with van der Waals surface area (Å²) in [6, 6.07) is 0. The van der Waals surface area contributed by atoms with E-state index in [1.54, 1.807) is 18.6 Å². The molecule has 0 unspecified atom stereocenters. The Morgan fingerprint density at radius 1 is 1.14 bits per heavy atom. The number of hydrogen-bond acceptors (Lipinski definition) is 4. The second kappa shape index (κ2) is 2.47. The Morgan fingerprint density at radius 2 is 2.00 bits per heavy atom. The molecule has 2 aromatic rings. The Kier molecular flexibility index (Phi) is 1.30. The van der Waals surface area contributed by atoms with E-state index in [1.807, 2.05) is 0 Å². The van der Waals surface area contributed by atoms with Crippen molar-refractivity contribution in [2.75, 3.05) is 0 Å². The number of carbonyl (C=O) groups excluding carboxylic acids is 1. The first-order chi connectivity index (χ1) is 6.86. The molecule has 3 heterocycles. The standard InChI is InChI=1S/C9H6N4O/c14-9-8-6(10-1-2-12-8)5-7-11-3-4-13(7)9/h1-4H,5H2. The van der Waals surface area contributed by atoms with Gasteiger partial charge in [0.05, 0.1) is 12.1 Å². The lowest BCUT2D eigenvalue weighted by Crippen LogP contribution is -2.24. The first-order valence-corrected chi connectivity index (χ1v) is 4.23. The smallest absolute Gasteiger partial charge is 0.268 e. The van der Waals surface area contributed by atoms with Gasteiger partial charge in [0.25, 0.3) is 5.91 Å². The Bertz CT molecular complexity index is 517. The van der Waals surface area contributed by atoms with Gasteiger partial charge in [0.15, 0.2) is 5.69 Å². The fourth-order valence-corrected chi connectivity index (χ4v) is 1.59. The molecule has 3 rings (SSSR count). The fourth-order valence-electron chi connectivity index (χ4n) is 1.59. The maximum absolute atomic E-state index is 11.8. The van der Waals surface area contributed by atoms with Crippen LogP contribution in [0.3, 0.4) is 0 Å². The molecular weight excluding hydrogens is 180 g/mol. The van der Waals surface area contributed by atoms with Gasteiger partial charge in [-0.3, -0.25) is 14.3 Å². The van der Waals surface area contributed by atoms with E-state index < -0.39 is 0 Å². The molecule has 0 saturated heterocycles. The molecule has 1 aliphatic rings. The van der Waals surface area contributed by atoms with Crippen molar-refractivity contribution in [2.45, 2.75) is 6.42 Å². The molecule has 5 heteroatoms. The molecule has 0 aromatic carbocycles. The molecule has 0 saturated carbocycles. The molecule has 14 heavy (non-hydrogen) atoms. The van der Waals surface area contributed by atoms with Crippen molar-refractivity contribution < 1.29 is 4.79 Å². The van der Waals surface area contributed by atoms with Crippen LogP contribution in [0.25, 0.3) is 0 Å². The van der Waals surface area contributed by atoms with E-state index in [-0.39, 0.29) is 5.91 Å². The summed E-state index contributed by atoms with van der Waals surface area (Å²) in [5.41, 5.74) is 1.13. The van der Waals surface area contributed by atoms with E-state index in [9.17, 15) is 4.79 Å². The predicted octanol–water partition coefficient (Wildman–Crippen LogP) is 0.266. The second-order valence-electron chi connectivity index (χ2n) is 3.05. The van der Waals surface area contributed by atoms with E-state index in [1.165, 1.54) is 10.8 Å². The summed E-state index contributed by atoms with van der Waals surface area (Å²) in [7, 11) is 0. The summed E-state index contributed by atoms with van der Waals surface area (Å²) in [5.74, 6) is 0.579. The van der Waals surface area contributed by atoms with Gasteiger partial charge in [-0.2, -0.15) is 0 Å². The van der Waals surface area contributed by atoms with Gasteiger partial charge in [-0.15, -0.1) is 0 Å². The van der Waals surface area contributed by atoms with Gasteiger partial charge in [-0.1, -0.05) is 0 Å². The molecule has 5 nitrogen and oxygen atoms in total. The van der Waals surface area contributed by atoms with Crippen LogP contribution < -0.4 is 0 Å². The van der Waals surface area contributed by atoms with E-state index in [0.29, 0.717) is 17.8 Å². The largest absolute Gasteiger partial charge is 0.283 e. The van der Waals surface area contributed by atoms with Crippen LogP contribution in [0.2, 0.25) is 0 Å². The minimum absolute atomic E-state index is 0.146. The Morgan fingerprint density at radius 3 is 2.93 bits per heavy atom. The van der Waals surface area contributed by atoms with Crippen molar-refractivity contribution in [1.82, 2.24) is 19.5 Å². The number of nitrogens with zero attached hydrogens (tertiary/aromatic N) is 4. The average Bonchev–Trinajstić information content (AvgIpc) is 2.66. The van der Waals surface area contributed by atoms with E-state index in [4.69, 9.17) is 0 Å². The summed E-state index contributed by atoms with van der Waals surface area (Å²) < 4.78 is 1.51. The Hall–Kier alpha value is -2.04. The summed E-state index contributed by atoms with van der Waals surface area (Å²) in [6.07, 6.45) is 6.94. The summed E-state index contributed by atoms with van der Waals surface area (Å²) >= 11 is 0. The highest BCUT2D eigenvalue weighted by molar-refractivity contribution is 5.96. The van der Waals surface area contributed by atoms with Crippen molar-refractivity contribution in [3.05, 3.63) is 42.0 Å². The maximum atomic E-state index is 11.8. The van der Waals surface area contributed by atoms with Crippen molar-refractivity contribution in [3.63, 3.8) is 0 Å². The molecular formula is C9H6N4O. The third-order valence-electron chi connectivity index (χ3n) is 2.24. The molecule has 2 aromatic heterocycles. The van der Waals surface area contributed by atoms with Crippen molar-refractivity contribution in [1.29, 1.82) is 0 Å². The molecule has 1 aliphatic heterocycles. The first kappa shape index (κ1) is 7.37. The molecule has 0 spiro atoms. The van der Waals surface area contributed by atoms with Gasteiger partial charge in [-0.25, -0.2) is 9.97 Å². The van der Waals surface area contributed by atoms with Crippen molar-refractivity contribution in [3.8, 4) is 0 Å². The minimum Gasteiger partial charge on any atom is -0.268 e. The van der Waals surface area contributed by atoms with E-state index in [0.717, 1.165) is 5.82 Å². The second-order valence-corrected chi connectivity index (χ2v) is 3.05. The quantitative estimate of drug-likeness (QED) is 0.505. The summed E-state index contributed by atoms with van der Waals surface area (Å²) in [6.45, 7) is 0. The molecule has 0 radical (unpaired) electrons. The molecule has 0 fully saturated rings. The highest BCUT2D eigenvalue weighted by Crippen LogP contribution is 2.16.